The second-order valence-corrected chi connectivity index (χ2v) is 7.45. The lowest BCUT2D eigenvalue weighted by Gasteiger charge is -2.15. The highest BCUT2D eigenvalue weighted by Crippen LogP contribution is 2.22. The van der Waals surface area contributed by atoms with Crippen LogP contribution in [-0.2, 0) is 17.9 Å². The van der Waals surface area contributed by atoms with Gasteiger partial charge in [-0.1, -0.05) is 6.07 Å². The Bertz CT molecular complexity index is 965. The van der Waals surface area contributed by atoms with Crippen molar-refractivity contribution in [3.63, 3.8) is 0 Å². The number of hydrogen-bond acceptors (Lipinski definition) is 3. The molecule has 2 atom stereocenters. The predicted molar refractivity (Wildman–Crippen MR) is 101 cm³/mol. The molecule has 2 aromatic carbocycles. The van der Waals surface area contributed by atoms with Crippen molar-refractivity contribution in [2.45, 2.75) is 39.3 Å². The van der Waals surface area contributed by atoms with Gasteiger partial charge in [0.15, 0.2) is 11.6 Å². The summed E-state index contributed by atoms with van der Waals surface area (Å²) in [6, 6.07) is 7.81. The maximum Gasteiger partial charge on any atom is 0.159 e. The Hall–Kier alpha value is -2.38. The van der Waals surface area contributed by atoms with Crippen molar-refractivity contribution >= 4 is 11.0 Å². The number of nitrogens with zero attached hydrogens (tertiary/aromatic N) is 2. The molecule has 1 N–H and O–H groups in total. The Morgan fingerprint density at radius 3 is 2.68 bits per heavy atom. The fraction of sp³-hybridized carbons (Fsp3) is 0.381. The van der Waals surface area contributed by atoms with Gasteiger partial charge in [0, 0.05) is 19.6 Å². The SMILES string of the molecule is Cc1cc2nc(COC3CN(Cc4ccc(F)c(F)c4)CC3F)[nH]c2cc1C. The van der Waals surface area contributed by atoms with Crippen molar-refractivity contribution in [3.05, 3.63) is 64.5 Å². The number of H-pyrrole nitrogens is 1. The van der Waals surface area contributed by atoms with Crippen LogP contribution in [0.4, 0.5) is 13.2 Å². The van der Waals surface area contributed by atoms with E-state index in [1.807, 2.05) is 30.9 Å². The van der Waals surface area contributed by atoms with Crippen molar-refractivity contribution in [2.75, 3.05) is 13.1 Å². The Morgan fingerprint density at radius 2 is 1.89 bits per heavy atom. The summed E-state index contributed by atoms with van der Waals surface area (Å²) < 4.78 is 46.5. The molecule has 1 aromatic heterocycles. The number of aromatic nitrogens is 2. The molecule has 1 aliphatic heterocycles. The summed E-state index contributed by atoms with van der Waals surface area (Å²) in [5, 5.41) is 0. The largest absolute Gasteiger partial charge is 0.366 e. The molecule has 4 rings (SSSR count). The van der Waals surface area contributed by atoms with Crippen LogP contribution in [0.25, 0.3) is 11.0 Å². The lowest BCUT2D eigenvalue weighted by molar-refractivity contribution is 0.00863. The van der Waals surface area contributed by atoms with Crippen LogP contribution in [0.1, 0.15) is 22.5 Å². The quantitative estimate of drug-likeness (QED) is 0.711. The molecular formula is C21H22F3N3O. The van der Waals surface area contributed by atoms with Crippen molar-refractivity contribution < 1.29 is 17.9 Å². The molecule has 7 heteroatoms. The lowest BCUT2D eigenvalue weighted by atomic mass is 10.1. The van der Waals surface area contributed by atoms with Gasteiger partial charge in [0.1, 0.15) is 24.7 Å². The van der Waals surface area contributed by atoms with E-state index in [-0.39, 0.29) is 13.2 Å². The molecular weight excluding hydrogens is 367 g/mol. The minimum atomic E-state index is -1.14. The number of aromatic amines is 1. The highest BCUT2D eigenvalue weighted by atomic mass is 19.2. The van der Waals surface area contributed by atoms with Crippen molar-refractivity contribution in [2.24, 2.45) is 0 Å². The Balaban J connectivity index is 1.37. The van der Waals surface area contributed by atoms with E-state index in [1.165, 1.54) is 17.2 Å². The van der Waals surface area contributed by atoms with E-state index in [1.54, 1.807) is 0 Å². The molecule has 0 amide bonds. The highest BCUT2D eigenvalue weighted by molar-refractivity contribution is 5.77. The van der Waals surface area contributed by atoms with Gasteiger partial charge in [-0.05, 0) is 54.8 Å². The van der Waals surface area contributed by atoms with Crippen LogP contribution in [0, 0.1) is 25.5 Å². The van der Waals surface area contributed by atoms with Gasteiger partial charge in [0.2, 0.25) is 0 Å². The zero-order valence-corrected chi connectivity index (χ0v) is 15.8. The van der Waals surface area contributed by atoms with E-state index in [2.05, 4.69) is 9.97 Å². The molecule has 1 saturated heterocycles. The topological polar surface area (TPSA) is 41.1 Å². The van der Waals surface area contributed by atoms with E-state index >= 15 is 0 Å². The predicted octanol–water partition coefficient (Wildman–Crippen LogP) is 4.20. The summed E-state index contributed by atoms with van der Waals surface area (Å²) >= 11 is 0. The standard InChI is InChI=1S/C21H22F3N3O/c1-12-5-18-19(6-13(12)2)26-21(25-18)11-28-20-10-27(9-17(20)24)8-14-3-4-15(22)16(23)7-14/h3-7,17,20H,8-11H2,1-2H3,(H,25,26). The van der Waals surface area contributed by atoms with Crippen LogP contribution < -0.4 is 0 Å². The van der Waals surface area contributed by atoms with Crippen molar-refractivity contribution in [1.82, 2.24) is 14.9 Å². The Kier molecular flexibility index (Phi) is 5.12. The van der Waals surface area contributed by atoms with E-state index in [0.717, 1.165) is 23.2 Å². The number of nitrogens with one attached hydrogen (secondary N) is 1. The molecule has 0 radical (unpaired) electrons. The van der Waals surface area contributed by atoms with Gasteiger partial charge in [-0.15, -0.1) is 0 Å². The van der Waals surface area contributed by atoms with Crippen LogP contribution in [0.3, 0.4) is 0 Å². The maximum atomic E-state index is 14.4. The van der Waals surface area contributed by atoms with Crippen LogP contribution in [0.15, 0.2) is 30.3 Å². The number of aryl methyl sites for hydroxylation is 2. The third kappa shape index (κ3) is 3.91. The van der Waals surface area contributed by atoms with Gasteiger partial charge in [0.05, 0.1) is 11.0 Å². The molecule has 0 spiro atoms. The van der Waals surface area contributed by atoms with Crippen LogP contribution >= 0.6 is 0 Å². The molecule has 28 heavy (non-hydrogen) atoms. The molecule has 2 heterocycles. The molecule has 0 bridgehead atoms. The van der Waals surface area contributed by atoms with Gasteiger partial charge in [0.25, 0.3) is 0 Å². The van der Waals surface area contributed by atoms with Crippen LogP contribution in [0.5, 0.6) is 0 Å². The summed E-state index contributed by atoms with van der Waals surface area (Å²) in [5.74, 6) is -1.12. The minimum Gasteiger partial charge on any atom is -0.366 e. The average molecular weight is 389 g/mol. The monoisotopic (exact) mass is 389 g/mol. The maximum absolute atomic E-state index is 14.4. The number of imidazole rings is 1. The summed E-state index contributed by atoms with van der Waals surface area (Å²) in [5.41, 5.74) is 4.75. The number of likely N-dealkylation sites (tertiary alicyclic amines) is 1. The van der Waals surface area contributed by atoms with Gasteiger partial charge in [-0.2, -0.15) is 0 Å². The number of halogens is 3. The number of fused-ring (bicyclic) bond motifs is 1. The Morgan fingerprint density at radius 1 is 1.11 bits per heavy atom. The smallest absolute Gasteiger partial charge is 0.159 e. The van der Waals surface area contributed by atoms with E-state index in [0.29, 0.717) is 24.5 Å². The fourth-order valence-corrected chi connectivity index (χ4v) is 3.57. The van der Waals surface area contributed by atoms with Crippen LogP contribution in [-0.4, -0.2) is 40.2 Å². The third-order valence-corrected chi connectivity index (χ3v) is 5.24. The molecule has 3 aromatic rings. The molecule has 1 aliphatic rings. The second-order valence-electron chi connectivity index (χ2n) is 7.45. The number of rotatable bonds is 5. The number of alkyl halides is 1. The minimum absolute atomic E-state index is 0.191. The van der Waals surface area contributed by atoms with E-state index in [9.17, 15) is 13.2 Å². The molecule has 1 fully saturated rings. The summed E-state index contributed by atoms with van der Waals surface area (Å²) in [4.78, 5) is 9.57. The van der Waals surface area contributed by atoms with Gasteiger partial charge < -0.3 is 9.72 Å². The molecule has 4 nitrogen and oxygen atoms in total. The van der Waals surface area contributed by atoms with Gasteiger partial charge >= 0.3 is 0 Å². The molecule has 0 saturated carbocycles. The first-order valence-corrected chi connectivity index (χ1v) is 9.27. The van der Waals surface area contributed by atoms with Gasteiger partial charge in [-0.25, -0.2) is 18.2 Å². The number of hydrogen-bond donors (Lipinski definition) is 1. The highest BCUT2D eigenvalue weighted by Gasteiger charge is 2.33. The molecule has 148 valence electrons. The summed E-state index contributed by atoms with van der Waals surface area (Å²) in [7, 11) is 0. The van der Waals surface area contributed by atoms with Gasteiger partial charge in [-0.3, -0.25) is 4.90 Å². The first kappa shape index (κ1) is 19.0. The lowest BCUT2D eigenvalue weighted by Crippen LogP contribution is -2.24. The van der Waals surface area contributed by atoms with Crippen molar-refractivity contribution in [3.8, 4) is 0 Å². The fourth-order valence-electron chi connectivity index (χ4n) is 3.57. The first-order chi connectivity index (χ1) is 13.4. The Labute approximate surface area is 161 Å². The average Bonchev–Trinajstić information content (AvgIpc) is 3.19. The van der Waals surface area contributed by atoms with E-state index < -0.39 is 23.9 Å². The van der Waals surface area contributed by atoms with Crippen molar-refractivity contribution in [1.29, 1.82) is 0 Å². The number of ether oxygens (including phenoxy) is 1. The zero-order valence-electron chi connectivity index (χ0n) is 15.8. The molecule has 2 unspecified atom stereocenters. The molecule has 0 aliphatic carbocycles. The third-order valence-electron chi connectivity index (χ3n) is 5.24. The summed E-state index contributed by atoms with van der Waals surface area (Å²) in [6.07, 6.45) is -1.72. The summed E-state index contributed by atoms with van der Waals surface area (Å²) in [6.45, 7) is 5.20. The normalized spacial score (nSPS) is 20.3. The number of benzene rings is 2. The zero-order chi connectivity index (χ0) is 19.8. The second kappa shape index (κ2) is 7.56. The van der Waals surface area contributed by atoms with E-state index in [4.69, 9.17) is 4.74 Å². The van der Waals surface area contributed by atoms with Crippen LogP contribution in [0.2, 0.25) is 0 Å². The first-order valence-electron chi connectivity index (χ1n) is 9.27.